The van der Waals surface area contributed by atoms with E-state index >= 15 is 0 Å². The zero-order chi connectivity index (χ0) is 12.3. The van der Waals surface area contributed by atoms with Gasteiger partial charge in [0.2, 0.25) is 0 Å². The lowest BCUT2D eigenvalue weighted by atomic mass is 10.2. The van der Waals surface area contributed by atoms with Gasteiger partial charge in [0.15, 0.2) is 0 Å². The van der Waals surface area contributed by atoms with Crippen LogP contribution in [0.2, 0.25) is 4.34 Å². The molecule has 1 aromatic rings. The number of thiophene rings is 1. The number of rotatable bonds is 5. The van der Waals surface area contributed by atoms with E-state index in [0.29, 0.717) is 4.34 Å². The van der Waals surface area contributed by atoms with Crippen molar-refractivity contribution in [2.75, 3.05) is 0 Å². The van der Waals surface area contributed by atoms with Crippen molar-refractivity contribution in [3.8, 4) is 0 Å². The minimum absolute atomic E-state index is 0.0113. The Kier molecular flexibility index (Phi) is 4.31. The second-order valence-electron chi connectivity index (χ2n) is 2.98. The number of carbonyl (C=O) groups is 1. The first-order valence-corrected chi connectivity index (χ1v) is 7.05. The summed E-state index contributed by atoms with van der Waals surface area (Å²) in [7, 11) is -3.79. The van der Waals surface area contributed by atoms with Gasteiger partial charge in [0.1, 0.15) is 10.3 Å². The van der Waals surface area contributed by atoms with Gasteiger partial charge in [-0.05, 0) is 18.6 Å². The molecule has 8 heteroatoms. The molecule has 90 valence electrons. The number of hydrogen-bond acceptors (Lipinski definition) is 4. The Morgan fingerprint density at radius 3 is 2.62 bits per heavy atom. The monoisotopic (exact) mass is 283 g/mol. The van der Waals surface area contributed by atoms with E-state index in [4.69, 9.17) is 16.7 Å². The molecule has 16 heavy (non-hydrogen) atoms. The lowest BCUT2D eigenvalue weighted by molar-refractivity contribution is -0.139. The molecule has 1 atom stereocenters. The third-order valence-corrected chi connectivity index (χ3v) is 5.01. The molecule has 0 radical (unpaired) electrons. The van der Waals surface area contributed by atoms with E-state index in [0.717, 1.165) is 11.3 Å². The molecule has 1 rings (SSSR count). The summed E-state index contributed by atoms with van der Waals surface area (Å²) in [6, 6.07) is 1.66. The van der Waals surface area contributed by atoms with E-state index in [9.17, 15) is 13.2 Å². The maximum atomic E-state index is 11.7. The van der Waals surface area contributed by atoms with Crippen LogP contribution in [0.15, 0.2) is 16.3 Å². The summed E-state index contributed by atoms with van der Waals surface area (Å²) in [5.41, 5.74) is 0. The molecule has 0 saturated heterocycles. The van der Waals surface area contributed by atoms with Crippen LogP contribution in [-0.2, 0) is 14.8 Å². The second-order valence-corrected chi connectivity index (χ2v) is 6.63. The molecule has 0 unspecified atom stereocenters. The number of sulfonamides is 1. The Morgan fingerprint density at radius 1 is 1.62 bits per heavy atom. The van der Waals surface area contributed by atoms with E-state index in [1.165, 1.54) is 12.1 Å². The van der Waals surface area contributed by atoms with Crippen molar-refractivity contribution in [2.45, 2.75) is 23.6 Å². The van der Waals surface area contributed by atoms with Gasteiger partial charge in [-0.1, -0.05) is 18.5 Å². The summed E-state index contributed by atoms with van der Waals surface area (Å²) in [4.78, 5) is 10.7. The van der Waals surface area contributed by atoms with Crippen LogP contribution in [-0.4, -0.2) is 25.5 Å². The first-order valence-electron chi connectivity index (χ1n) is 4.37. The predicted octanol–water partition coefficient (Wildman–Crippen LogP) is 1.54. The van der Waals surface area contributed by atoms with Gasteiger partial charge >= 0.3 is 5.97 Å². The Bertz CT molecular complexity index is 482. The van der Waals surface area contributed by atoms with Gasteiger partial charge in [0.05, 0.1) is 4.34 Å². The molecule has 0 aliphatic rings. The highest BCUT2D eigenvalue weighted by Crippen LogP contribution is 2.25. The highest BCUT2D eigenvalue weighted by molar-refractivity contribution is 7.91. The van der Waals surface area contributed by atoms with Crippen LogP contribution in [0.1, 0.15) is 13.3 Å². The van der Waals surface area contributed by atoms with Crippen molar-refractivity contribution in [1.82, 2.24) is 4.72 Å². The largest absolute Gasteiger partial charge is 0.480 e. The van der Waals surface area contributed by atoms with Crippen molar-refractivity contribution >= 4 is 38.9 Å². The van der Waals surface area contributed by atoms with Crippen LogP contribution in [0.4, 0.5) is 0 Å². The predicted molar refractivity (Wildman–Crippen MR) is 61.4 cm³/mol. The molecular formula is C8H10ClNO4S2. The SMILES string of the molecule is CC[C@H](NS(=O)(=O)c1ccc(Cl)s1)C(=O)O. The molecule has 0 spiro atoms. The fourth-order valence-corrected chi connectivity index (χ4v) is 3.77. The highest BCUT2D eigenvalue weighted by Gasteiger charge is 2.24. The second kappa shape index (κ2) is 5.13. The number of carboxylic acid groups (broad SMARTS) is 1. The average molecular weight is 284 g/mol. The molecule has 0 fully saturated rings. The maximum Gasteiger partial charge on any atom is 0.321 e. The van der Waals surface area contributed by atoms with E-state index < -0.39 is 22.0 Å². The van der Waals surface area contributed by atoms with Gasteiger partial charge in [-0.2, -0.15) is 4.72 Å². The summed E-state index contributed by atoms with van der Waals surface area (Å²) in [6.45, 7) is 1.59. The summed E-state index contributed by atoms with van der Waals surface area (Å²) >= 11 is 6.49. The van der Waals surface area contributed by atoms with Gasteiger partial charge in [-0.15, -0.1) is 11.3 Å². The Balaban J connectivity index is 2.91. The van der Waals surface area contributed by atoms with Crippen LogP contribution in [0.3, 0.4) is 0 Å². The first-order chi connectivity index (χ1) is 7.36. The Morgan fingerprint density at radius 2 is 2.25 bits per heavy atom. The fraction of sp³-hybridized carbons (Fsp3) is 0.375. The van der Waals surface area contributed by atoms with Crippen LogP contribution < -0.4 is 4.72 Å². The van der Waals surface area contributed by atoms with Crippen LogP contribution >= 0.6 is 22.9 Å². The Hall–Kier alpha value is -0.630. The molecule has 2 N–H and O–H groups in total. The summed E-state index contributed by atoms with van der Waals surface area (Å²) in [5.74, 6) is -1.20. The summed E-state index contributed by atoms with van der Waals surface area (Å²) in [6.07, 6.45) is 0.174. The molecule has 0 aliphatic carbocycles. The quantitative estimate of drug-likeness (QED) is 0.859. The van der Waals surface area contributed by atoms with Gasteiger partial charge < -0.3 is 5.11 Å². The van der Waals surface area contributed by atoms with Gasteiger partial charge in [0, 0.05) is 0 Å². The number of halogens is 1. The molecule has 0 saturated carbocycles. The zero-order valence-corrected chi connectivity index (χ0v) is 10.7. The molecule has 5 nitrogen and oxygen atoms in total. The Labute approximate surface area is 102 Å². The van der Waals surface area contributed by atoms with Crippen molar-refractivity contribution in [3.05, 3.63) is 16.5 Å². The third kappa shape index (κ3) is 3.18. The average Bonchev–Trinajstić information content (AvgIpc) is 2.61. The van der Waals surface area contributed by atoms with Crippen LogP contribution in [0.5, 0.6) is 0 Å². The molecular weight excluding hydrogens is 274 g/mol. The minimum Gasteiger partial charge on any atom is -0.480 e. The van der Waals surface area contributed by atoms with Crippen LogP contribution in [0.25, 0.3) is 0 Å². The number of nitrogens with one attached hydrogen (secondary N) is 1. The van der Waals surface area contributed by atoms with Crippen molar-refractivity contribution in [3.63, 3.8) is 0 Å². The maximum absolute atomic E-state index is 11.7. The fourth-order valence-electron chi connectivity index (χ4n) is 0.996. The van der Waals surface area contributed by atoms with Crippen molar-refractivity contribution in [2.24, 2.45) is 0 Å². The number of carboxylic acids is 1. The van der Waals surface area contributed by atoms with E-state index in [2.05, 4.69) is 4.72 Å². The van der Waals surface area contributed by atoms with Gasteiger partial charge in [0.25, 0.3) is 10.0 Å². The lowest BCUT2D eigenvalue weighted by Crippen LogP contribution is -2.39. The van der Waals surface area contributed by atoms with E-state index in [-0.39, 0.29) is 10.6 Å². The van der Waals surface area contributed by atoms with Crippen molar-refractivity contribution in [1.29, 1.82) is 0 Å². The topological polar surface area (TPSA) is 83.5 Å². The van der Waals surface area contributed by atoms with E-state index in [1.807, 2.05) is 0 Å². The number of aliphatic carboxylic acids is 1. The smallest absolute Gasteiger partial charge is 0.321 e. The molecule has 0 amide bonds. The van der Waals surface area contributed by atoms with Gasteiger partial charge in [-0.3, -0.25) is 4.79 Å². The lowest BCUT2D eigenvalue weighted by Gasteiger charge is -2.11. The normalized spacial score (nSPS) is 13.6. The minimum atomic E-state index is -3.79. The molecule has 0 aromatic carbocycles. The molecule has 0 bridgehead atoms. The van der Waals surface area contributed by atoms with Gasteiger partial charge in [-0.25, -0.2) is 8.42 Å². The molecule has 1 aromatic heterocycles. The first kappa shape index (κ1) is 13.4. The zero-order valence-electron chi connectivity index (χ0n) is 8.31. The standard InChI is InChI=1S/C8H10ClNO4S2/c1-2-5(8(11)12)10-16(13,14)7-4-3-6(9)15-7/h3-5,10H,2H2,1H3,(H,11,12)/t5-/m0/s1. The van der Waals surface area contributed by atoms with E-state index in [1.54, 1.807) is 6.92 Å². The third-order valence-electron chi connectivity index (χ3n) is 1.82. The molecule has 1 heterocycles. The highest BCUT2D eigenvalue weighted by atomic mass is 35.5. The van der Waals surface area contributed by atoms with Crippen LogP contribution in [0, 0.1) is 0 Å². The summed E-state index contributed by atoms with van der Waals surface area (Å²) in [5, 5.41) is 8.74. The molecule has 0 aliphatic heterocycles. The summed E-state index contributed by atoms with van der Waals surface area (Å²) < 4.78 is 25.8. The van der Waals surface area contributed by atoms with Crippen molar-refractivity contribution < 1.29 is 18.3 Å². The number of hydrogen-bond donors (Lipinski definition) is 2.